The molecule has 0 saturated carbocycles. The van der Waals surface area contributed by atoms with Crippen molar-refractivity contribution < 1.29 is 9.59 Å². The van der Waals surface area contributed by atoms with Gasteiger partial charge in [-0.05, 0) is 55.0 Å². The van der Waals surface area contributed by atoms with Crippen LogP contribution in [0.15, 0.2) is 42.7 Å². The van der Waals surface area contributed by atoms with Crippen molar-refractivity contribution in [2.24, 2.45) is 5.92 Å². The van der Waals surface area contributed by atoms with E-state index >= 15 is 0 Å². The van der Waals surface area contributed by atoms with Gasteiger partial charge >= 0.3 is 11.8 Å². The van der Waals surface area contributed by atoms with Crippen molar-refractivity contribution in [2.75, 3.05) is 17.6 Å². The van der Waals surface area contributed by atoms with E-state index in [1.165, 1.54) is 6.20 Å². The highest BCUT2D eigenvalue weighted by Crippen LogP contribution is 2.34. The van der Waals surface area contributed by atoms with Crippen molar-refractivity contribution in [3.63, 3.8) is 0 Å². The Morgan fingerprint density at radius 2 is 2.04 bits per heavy atom. The molecular weight excluding hydrogens is 328 g/mol. The molecule has 3 N–H and O–H groups in total. The number of pyridine rings is 1. The maximum Gasteiger partial charge on any atom is 0.313 e. The summed E-state index contributed by atoms with van der Waals surface area (Å²) in [6.07, 6.45) is 5.05. The lowest BCUT2D eigenvalue weighted by Gasteiger charge is -2.38. The summed E-state index contributed by atoms with van der Waals surface area (Å²) >= 11 is 0. The Kier molecular flexibility index (Phi) is 5.21. The maximum absolute atomic E-state index is 12.9. The second kappa shape index (κ2) is 7.56. The second-order valence-electron chi connectivity index (χ2n) is 7.03. The molecule has 2 atom stereocenters. The highest BCUT2D eigenvalue weighted by atomic mass is 16.2. The number of hydrogen-bond acceptors (Lipinski definition) is 4. The van der Waals surface area contributed by atoms with Gasteiger partial charge in [0.1, 0.15) is 0 Å². The number of carbonyl (C=O) groups excluding carboxylic acids is 2. The number of amides is 2. The van der Waals surface area contributed by atoms with Crippen LogP contribution in [0.5, 0.6) is 0 Å². The van der Waals surface area contributed by atoms with Crippen LogP contribution >= 0.6 is 0 Å². The van der Waals surface area contributed by atoms with Gasteiger partial charge in [-0.25, -0.2) is 0 Å². The van der Waals surface area contributed by atoms with E-state index < -0.39 is 11.8 Å². The summed E-state index contributed by atoms with van der Waals surface area (Å²) in [6, 6.07) is 9.18. The maximum atomic E-state index is 12.9. The van der Waals surface area contributed by atoms with Gasteiger partial charge < -0.3 is 16.0 Å². The first-order chi connectivity index (χ1) is 12.4. The number of likely N-dealkylation sites (tertiary alicyclic amines) is 1. The molecule has 2 amide bonds. The minimum atomic E-state index is -0.639. The average Bonchev–Trinajstić information content (AvgIpc) is 2.61. The van der Waals surface area contributed by atoms with Crippen LogP contribution in [0.4, 0.5) is 11.4 Å². The fourth-order valence-corrected chi connectivity index (χ4v) is 3.43. The van der Waals surface area contributed by atoms with Crippen LogP contribution in [-0.4, -0.2) is 28.2 Å². The standard InChI is InChI=1S/C20H24N4O2/c1-13-6-7-18(15-4-3-5-16(21)9-15)24(12-13)20(26)19(25)23-17-8-14(2)10-22-11-17/h3-5,8-11,13,18H,6-7,12,21H2,1-2H3,(H,23,25)/t13-,18+/m0/s1. The van der Waals surface area contributed by atoms with Crippen LogP contribution in [0.2, 0.25) is 0 Å². The van der Waals surface area contributed by atoms with Gasteiger partial charge in [0.25, 0.3) is 0 Å². The number of nitrogens with one attached hydrogen (secondary N) is 1. The predicted octanol–water partition coefficient (Wildman–Crippen LogP) is 2.91. The van der Waals surface area contributed by atoms with Gasteiger partial charge in [0.2, 0.25) is 0 Å². The Balaban J connectivity index is 1.80. The molecule has 6 nitrogen and oxygen atoms in total. The topological polar surface area (TPSA) is 88.3 Å². The summed E-state index contributed by atoms with van der Waals surface area (Å²) in [5, 5.41) is 2.66. The summed E-state index contributed by atoms with van der Waals surface area (Å²) in [6.45, 7) is 4.53. The Bertz CT molecular complexity index is 821. The van der Waals surface area contributed by atoms with Crippen LogP contribution < -0.4 is 11.1 Å². The molecule has 2 heterocycles. The summed E-state index contributed by atoms with van der Waals surface area (Å²) in [5.41, 5.74) is 8.96. The molecule has 0 bridgehead atoms. The van der Waals surface area contributed by atoms with Gasteiger partial charge in [0, 0.05) is 18.4 Å². The van der Waals surface area contributed by atoms with Crippen molar-refractivity contribution in [3.8, 4) is 0 Å². The quantitative estimate of drug-likeness (QED) is 0.642. The molecule has 26 heavy (non-hydrogen) atoms. The normalized spacial score (nSPS) is 19.8. The minimum absolute atomic E-state index is 0.136. The number of nitrogens with two attached hydrogens (primary N) is 1. The minimum Gasteiger partial charge on any atom is -0.399 e. The van der Waals surface area contributed by atoms with Crippen LogP contribution in [0.3, 0.4) is 0 Å². The molecule has 6 heteroatoms. The van der Waals surface area contributed by atoms with Gasteiger partial charge in [0.05, 0.1) is 17.9 Å². The highest BCUT2D eigenvalue weighted by Gasteiger charge is 2.34. The first-order valence-corrected chi connectivity index (χ1v) is 8.83. The van der Waals surface area contributed by atoms with Crippen LogP contribution in [0.1, 0.15) is 36.9 Å². The molecule has 3 rings (SSSR count). The molecule has 1 aliphatic rings. The number of hydrogen-bond donors (Lipinski definition) is 2. The van der Waals surface area contributed by atoms with Gasteiger partial charge in [-0.3, -0.25) is 14.6 Å². The SMILES string of the molecule is Cc1cncc(NC(=O)C(=O)N2C[C@@H](C)CC[C@@H]2c2cccc(N)c2)c1. The average molecular weight is 352 g/mol. The van der Waals surface area contributed by atoms with E-state index in [-0.39, 0.29) is 6.04 Å². The smallest absolute Gasteiger partial charge is 0.313 e. The lowest BCUT2D eigenvalue weighted by Crippen LogP contribution is -2.46. The Hall–Kier alpha value is -2.89. The number of nitrogen functional groups attached to an aromatic ring is 1. The number of piperidine rings is 1. The van der Waals surface area contributed by atoms with Gasteiger partial charge in [-0.15, -0.1) is 0 Å². The highest BCUT2D eigenvalue weighted by molar-refractivity contribution is 6.39. The fraction of sp³-hybridized carbons (Fsp3) is 0.350. The van der Waals surface area contributed by atoms with Crippen molar-refractivity contribution in [1.29, 1.82) is 0 Å². The summed E-state index contributed by atoms with van der Waals surface area (Å²) in [5.74, 6) is -0.810. The van der Waals surface area contributed by atoms with E-state index in [0.29, 0.717) is 23.8 Å². The van der Waals surface area contributed by atoms with E-state index in [0.717, 1.165) is 24.0 Å². The Morgan fingerprint density at radius 1 is 1.23 bits per heavy atom. The zero-order chi connectivity index (χ0) is 18.7. The van der Waals surface area contributed by atoms with Gasteiger partial charge in [-0.2, -0.15) is 0 Å². The summed E-state index contributed by atoms with van der Waals surface area (Å²) in [7, 11) is 0. The van der Waals surface area contributed by atoms with Crippen LogP contribution in [-0.2, 0) is 9.59 Å². The molecule has 2 aromatic rings. The van der Waals surface area contributed by atoms with Gasteiger partial charge in [0.15, 0.2) is 0 Å². The predicted molar refractivity (Wildman–Crippen MR) is 101 cm³/mol. The number of benzene rings is 1. The van der Waals surface area contributed by atoms with Crippen LogP contribution in [0.25, 0.3) is 0 Å². The molecule has 0 unspecified atom stereocenters. The Labute approximate surface area is 153 Å². The monoisotopic (exact) mass is 352 g/mol. The number of aryl methyl sites for hydroxylation is 1. The van der Waals surface area contributed by atoms with E-state index in [1.807, 2.05) is 31.2 Å². The Morgan fingerprint density at radius 3 is 2.77 bits per heavy atom. The number of rotatable bonds is 2. The lowest BCUT2D eigenvalue weighted by atomic mass is 9.89. The first-order valence-electron chi connectivity index (χ1n) is 8.83. The summed E-state index contributed by atoms with van der Waals surface area (Å²) < 4.78 is 0. The third-order valence-corrected chi connectivity index (χ3v) is 4.70. The molecule has 0 radical (unpaired) electrons. The molecule has 1 saturated heterocycles. The number of aromatic nitrogens is 1. The largest absolute Gasteiger partial charge is 0.399 e. The fourth-order valence-electron chi connectivity index (χ4n) is 3.43. The molecular formula is C20H24N4O2. The summed E-state index contributed by atoms with van der Waals surface area (Å²) in [4.78, 5) is 31.1. The third kappa shape index (κ3) is 4.02. The molecule has 1 aromatic heterocycles. The van der Waals surface area contributed by atoms with Gasteiger partial charge in [-0.1, -0.05) is 19.1 Å². The molecule has 0 aliphatic carbocycles. The lowest BCUT2D eigenvalue weighted by molar-refractivity contribution is -0.146. The van der Waals surface area contributed by atoms with E-state index in [1.54, 1.807) is 17.2 Å². The zero-order valence-corrected chi connectivity index (χ0v) is 15.1. The third-order valence-electron chi connectivity index (χ3n) is 4.70. The molecule has 1 fully saturated rings. The number of carbonyl (C=O) groups is 2. The van der Waals surface area contributed by atoms with E-state index in [4.69, 9.17) is 5.73 Å². The van der Waals surface area contributed by atoms with Crippen LogP contribution in [0, 0.1) is 12.8 Å². The molecule has 1 aromatic carbocycles. The van der Waals surface area contributed by atoms with E-state index in [9.17, 15) is 9.59 Å². The number of anilines is 2. The van der Waals surface area contributed by atoms with Crippen molar-refractivity contribution >= 4 is 23.2 Å². The number of nitrogens with zero attached hydrogens (tertiary/aromatic N) is 2. The van der Waals surface area contributed by atoms with Crippen molar-refractivity contribution in [1.82, 2.24) is 9.88 Å². The molecule has 0 spiro atoms. The van der Waals surface area contributed by atoms with Crippen molar-refractivity contribution in [3.05, 3.63) is 53.9 Å². The second-order valence-corrected chi connectivity index (χ2v) is 7.03. The molecule has 136 valence electrons. The van der Waals surface area contributed by atoms with E-state index in [2.05, 4.69) is 17.2 Å². The zero-order valence-electron chi connectivity index (χ0n) is 15.1. The van der Waals surface area contributed by atoms with Crippen molar-refractivity contribution in [2.45, 2.75) is 32.7 Å². The molecule has 1 aliphatic heterocycles. The first kappa shape index (κ1) is 17.9.